The molecule has 7 nitrogen and oxygen atoms in total. The van der Waals surface area contributed by atoms with E-state index in [1.807, 2.05) is 20.8 Å². The summed E-state index contributed by atoms with van der Waals surface area (Å²) in [4.78, 5) is 29.7. The van der Waals surface area contributed by atoms with Gasteiger partial charge in [0.05, 0.1) is 17.9 Å². The molecule has 3 rings (SSSR count). The monoisotopic (exact) mass is 390 g/mol. The fourth-order valence-corrected chi connectivity index (χ4v) is 3.49. The molecule has 0 atom stereocenters. The van der Waals surface area contributed by atoms with Crippen molar-refractivity contribution in [2.45, 2.75) is 39.7 Å². The molecule has 0 saturated carbocycles. The van der Waals surface area contributed by atoms with Crippen LogP contribution in [0.25, 0.3) is 0 Å². The lowest BCUT2D eigenvalue weighted by Crippen LogP contribution is -2.26. The van der Waals surface area contributed by atoms with E-state index in [-0.39, 0.29) is 23.6 Å². The van der Waals surface area contributed by atoms with Gasteiger partial charge in [-0.25, -0.2) is 14.2 Å². The quantitative estimate of drug-likeness (QED) is 0.681. The summed E-state index contributed by atoms with van der Waals surface area (Å²) in [5.41, 5.74) is 0.292. The Kier molecular flexibility index (Phi) is 4.97. The third kappa shape index (κ3) is 3.82. The number of anilines is 2. The van der Waals surface area contributed by atoms with Crippen LogP contribution < -0.4 is 10.7 Å². The average molecular weight is 390 g/mol. The number of aromatic nitrogens is 3. The van der Waals surface area contributed by atoms with Crippen molar-refractivity contribution >= 4 is 28.1 Å². The van der Waals surface area contributed by atoms with Crippen LogP contribution in [0.4, 0.5) is 15.2 Å². The van der Waals surface area contributed by atoms with Gasteiger partial charge in [-0.3, -0.25) is 18.8 Å². The molecular formula is C18H19FN4O3S. The minimum absolute atomic E-state index is 0.128. The topological polar surface area (TPSA) is 81.2 Å². The largest absolute Gasteiger partial charge is 0.441 e. The van der Waals surface area contributed by atoms with Crippen LogP contribution in [-0.4, -0.2) is 20.6 Å². The normalized spacial score (nSPS) is 11.6. The Labute approximate surface area is 159 Å². The van der Waals surface area contributed by atoms with E-state index in [0.717, 1.165) is 0 Å². The van der Waals surface area contributed by atoms with Crippen molar-refractivity contribution in [1.82, 2.24) is 14.7 Å². The van der Waals surface area contributed by atoms with Crippen LogP contribution in [0.15, 0.2) is 39.0 Å². The first-order valence-corrected chi connectivity index (χ1v) is 9.13. The number of nitrogens with zero attached hydrogens (tertiary/aromatic N) is 4. The van der Waals surface area contributed by atoms with Crippen molar-refractivity contribution in [3.05, 3.63) is 57.5 Å². The van der Waals surface area contributed by atoms with Crippen LogP contribution in [0.3, 0.4) is 0 Å². The first kappa shape index (κ1) is 19.0. The molecule has 0 aliphatic heterocycles. The Morgan fingerprint density at radius 2 is 2.04 bits per heavy atom. The fraction of sp³-hybridized carbons (Fsp3) is 0.333. The average Bonchev–Trinajstić information content (AvgIpc) is 3.17. The Morgan fingerprint density at radius 3 is 2.67 bits per heavy atom. The molecule has 0 spiro atoms. The highest BCUT2D eigenvalue weighted by atomic mass is 32.1. The molecule has 27 heavy (non-hydrogen) atoms. The summed E-state index contributed by atoms with van der Waals surface area (Å²) in [5.74, 6) is -0.958. The summed E-state index contributed by atoms with van der Waals surface area (Å²) in [6.45, 7) is 7.25. The molecule has 0 fully saturated rings. The third-order valence-corrected chi connectivity index (χ3v) is 4.69. The fourth-order valence-electron chi connectivity index (χ4n) is 2.62. The van der Waals surface area contributed by atoms with Crippen molar-refractivity contribution in [3.63, 3.8) is 0 Å². The molecule has 0 aliphatic carbocycles. The number of amides is 1. The van der Waals surface area contributed by atoms with Crippen molar-refractivity contribution in [3.8, 4) is 0 Å². The number of para-hydroxylation sites is 1. The van der Waals surface area contributed by atoms with E-state index in [1.54, 1.807) is 17.5 Å². The zero-order valence-corrected chi connectivity index (χ0v) is 16.2. The second-order valence-electron chi connectivity index (χ2n) is 7.04. The van der Waals surface area contributed by atoms with Gasteiger partial charge in [0.1, 0.15) is 5.82 Å². The first-order chi connectivity index (χ1) is 12.7. The van der Waals surface area contributed by atoms with E-state index in [1.165, 1.54) is 39.9 Å². The lowest BCUT2D eigenvalue weighted by atomic mass is 9.96. The summed E-state index contributed by atoms with van der Waals surface area (Å²) in [6, 6.07) is 6.00. The van der Waals surface area contributed by atoms with E-state index in [0.29, 0.717) is 16.6 Å². The van der Waals surface area contributed by atoms with Crippen molar-refractivity contribution in [1.29, 1.82) is 0 Å². The summed E-state index contributed by atoms with van der Waals surface area (Å²) in [7, 11) is 0. The van der Waals surface area contributed by atoms with Crippen LogP contribution in [0.1, 0.15) is 39.2 Å². The van der Waals surface area contributed by atoms with Crippen molar-refractivity contribution < 1.29 is 13.7 Å². The number of carbonyl (C=O) groups excluding carboxylic acids is 1. The van der Waals surface area contributed by atoms with Gasteiger partial charge < -0.3 is 0 Å². The summed E-state index contributed by atoms with van der Waals surface area (Å²) in [5, 5.41) is 5.89. The maximum Gasteiger partial charge on any atom is 0.441 e. The highest BCUT2D eigenvalue weighted by Crippen LogP contribution is 2.31. The molecular weight excluding hydrogens is 371 g/mol. The first-order valence-electron chi connectivity index (χ1n) is 8.25. The molecule has 0 bridgehead atoms. The molecule has 2 heterocycles. The van der Waals surface area contributed by atoms with Crippen molar-refractivity contribution in [2.24, 2.45) is 0 Å². The van der Waals surface area contributed by atoms with E-state index in [2.05, 4.69) is 10.1 Å². The Hall–Kier alpha value is -2.81. The van der Waals surface area contributed by atoms with E-state index < -0.39 is 11.6 Å². The second-order valence-corrected chi connectivity index (χ2v) is 7.87. The Morgan fingerprint density at radius 1 is 1.33 bits per heavy atom. The maximum atomic E-state index is 14.2. The highest BCUT2D eigenvalue weighted by Gasteiger charge is 2.25. The molecule has 0 unspecified atom stereocenters. The van der Waals surface area contributed by atoms with Gasteiger partial charge in [0.15, 0.2) is 11.0 Å². The minimum Gasteiger partial charge on any atom is -0.296 e. The van der Waals surface area contributed by atoms with Gasteiger partial charge in [-0.2, -0.15) is 0 Å². The Bertz CT molecular complexity index is 1030. The molecule has 0 aliphatic rings. The zero-order chi connectivity index (χ0) is 19.8. The summed E-state index contributed by atoms with van der Waals surface area (Å²) < 4.78 is 20.3. The summed E-state index contributed by atoms with van der Waals surface area (Å²) >= 11 is 1.19. The van der Waals surface area contributed by atoms with Crippen LogP contribution in [-0.2, 0) is 16.8 Å². The maximum absolute atomic E-state index is 14.2. The van der Waals surface area contributed by atoms with Crippen LogP contribution in [0.5, 0.6) is 0 Å². The SMILES string of the molecule is CC(=O)N(c1nc(Cn2c(C(C)(C)C)noc2=O)cs1)c1ccccc1F. The Balaban J connectivity index is 1.96. The van der Waals surface area contributed by atoms with Gasteiger partial charge in [-0.05, 0) is 12.1 Å². The van der Waals surface area contributed by atoms with Gasteiger partial charge in [0.2, 0.25) is 5.91 Å². The van der Waals surface area contributed by atoms with Crippen molar-refractivity contribution in [2.75, 3.05) is 4.90 Å². The highest BCUT2D eigenvalue weighted by molar-refractivity contribution is 7.14. The van der Waals surface area contributed by atoms with Crippen LogP contribution in [0, 0.1) is 5.82 Å². The molecule has 0 N–H and O–H groups in total. The number of thiazole rings is 1. The smallest absolute Gasteiger partial charge is 0.296 e. The standard InChI is InChI=1S/C18H19FN4O3S/c1-11(24)23(14-8-6-5-7-13(14)19)16-20-12(10-27-16)9-22-15(18(2,3)4)21-26-17(22)25/h5-8,10H,9H2,1-4H3. The molecule has 2 aromatic heterocycles. The van der Waals surface area contributed by atoms with Crippen LogP contribution in [0.2, 0.25) is 0 Å². The predicted molar refractivity (Wildman–Crippen MR) is 99.9 cm³/mol. The van der Waals surface area contributed by atoms with Gasteiger partial charge in [0.25, 0.3) is 0 Å². The molecule has 3 aromatic rings. The van der Waals surface area contributed by atoms with E-state index >= 15 is 0 Å². The van der Waals surface area contributed by atoms with Gasteiger partial charge in [-0.1, -0.05) is 38.1 Å². The number of benzene rings is 1. The molecule has 1 aromatic carbocycles. The number of carbonyl (C=O) groups is 1. The summed E-state index contributed by atoms with van der Waals surface area (Å²) in [6.07, 6.45) is 0. The molecule has 142 valence electrons. The minimum atomic E-state index is -0.577. The lowest BCUT2D eigenvalue weighted by molar-refractivity contribution is -0.115. The number of rotatable bonds is 4. The van der Waals surface area contributed by atoms with E-state index in [9.17, 15) is 14.0 Å². The third-order valence-electron chi connectivity index (χ3n) is 3.82. The zero-order valence-electron chi connectivity index (χ0n) is 15.4. The molecule has 9 heteroatoms. The molecule has 1 amide bonds. The number of halogens is 1. The molecule has 0 saturated heterocycles. The molecule has 0 radical (unpaired) electrons. The van der Waals surface area contributed by atoms with Crippen LogP contribution >= 0.6 is 11.3 Å². The van der Waals surface area contributed by atoms with Gasteiger partial charge in [0, 0.05) is 17.7 Å². The second kappa shape index (κ2) is 7.07. The lowest BCUT2D eigenvalue weighted by Gasteiger charge is -2.18. The predicted octanol–water partition coefficient (Wildman–Crippen LogP) is 3.46. The van der Waals surface area contributed by atoms with Gasteiger partial charge in [-0.15, -0.1) is 11.3 Å². The van der Waals surface area contributed by atoms with E-state index in [4.69, 9.17) is 4.52 Å². The van der Waals surface area contributed by atoms with Gasteiger partial charge >= 0.3 is 5.76 Å². The number of hydrogen-bond acceptors (Lipinski definition) is 6. The number of hydrogen-bond donors (Lipinski definition) is 0.